The van der Waals surface area contributed by atoms with Crippen molar-refractivity contribution in [1.29, 1.82) is 0 Å². The number of nitrogens with one attached hydrogen (secondary N) is 1. The zero-order valence-electron chi connectivity index (χ0n) is 19.1. The number of anilines is 1. The van der Waals surface area contributed by atoms with Crippen LogP contribution >= 0.6 is 0 Å². The molecule has 2 heterocycles. The van der Waals surface area contributed by atoms with Gasteiger partial charge in [0.25, 0.3) is 5.91 Å². The van der Waals surface area contributed by atoms with E-state index in [1.165, 1.54) is 18.3 Å². The Hall–Kier alpha value is -2.74. The van der Waals surface area contributed by atoms with E-state index in [9.17, 15) is 14.0 Å². The first kappa shape index (κ1) is 22.5. The van der Waals surface area contributed by atoms with Crippen molar-refractivity contribution in [2.75, 3.05) is 25.0 Å². The topological polar surface area (TPSA) is 70.5 Å². The van der Waals surface area contributed by atoms with E-state index in [4.69, 9.17) is 0 Å². The van der Waals surface area contributed by atoms with E-state index in [1.54, 1.807) is 17.9 Å². The van der Waals surface area contributed by atoms with E-state index in [2.05, 4.69) is 22.2 Å². The highest BCUT2D eigenvalue weighted by Crippen LogP contribution is 2.29. The Morgan fingerprint density at radius 2 is 1.97 bits per heavy atom. The molecule has 1 saturated heterocycles. The molecule has 1 aromatic heterocycles. The van der Waals surface area contributed by atoms with E-state index in [1.807, 2.05) is 11.8 Å². The van der Waals surface area contributed by atoms with Crippen molar-refractivity contribution in [3.05, 3.63) is 47.0 Å². The van der Waals surface area contributed by atoms with Crippen LogP contribution < -0.4 is 5.32 Å². The number of piperazine rings is 1. The molecule has 0 unspecified atom stereocenters. The van der Waals surface area contributed by atoms with Gasteiger partial charge in [0, 0.05) is 57.1 Å². The van der Waals surface area contributed by atoms with Crippen molar-refractivity contribution in [2.45, 2.75) is 52.1 Å². The van der Waals surface area contributed by atoms with Gasteiger partial charge in [-0.1, -0.05) is 12.8 Å². The van der Waals surface area contributed by atoms with E-state index in [0.29, 0.717) is 30.2 Å². The minimum Gasteiger partial charge on any atom is -0.337 e. The lowest BCUT2D eigenvalue weighted by atomic mass is 10.0. The summed E-state index contributed by atoms with van der Waals surface area (Å²) in [5.41, 5.74) is 2.58. The maximum absolute atomic E-state index is 14.4. The Morgan fingerprint density at radius 1 is 1.22 bits per heavy atom. The predicted molar refractivity (Wildman–Crippen MR) is 121 cm³/mol. The van der Waals surface area contributed by atoms with Gasteiger partial charge in [-0.3, -0.25) is 19.2 Å². The predicted octanol–water partition coefficient (Wildman–Crippen LogP) is 3.34. The molecule has 2 aliphatic rings. The first-order valence-electron chi connectivity index (χ1n) is 11.4. The second-order valence-electron chi connectivity index (χ2n) is 9.19. The molecule has 0 spiro atoms. The SMILES string of the molecule is Cc1c(CN2CCN(C(=O)C3CCCC3)[C@@H](C)C2)cc(F)cc1NC(=O)c1cnn(C)c1. The molecule has 1 aliphatic heterocycles. The number of aromatic nitrogens is 2. The van der Waals surface area contributed by atoms with Crippen molar-refractivity contribution < 1.29 is 14.0 Å². The lowest BCUT2D eigenvalue weighted by Crippen LogP contribution is -2.54. The maximum Gasteiger partial charge on any atom is 0.258 e. The zero-order valence-corrected chi connectivity index (χ0v) is 19.1. The molecular weight excluding hydrogens is 409 g/mol. The number of halogens is 1. The van der Waals surface area contributed by atoms with Crippen LogP contribution in [0.3, 0.4) is 0 Å². The van der Waals surface area contributed by atoms with Crippen LogP contribution in [0.25, 0.3) is 0 Å². The van der Waals surface area contributed by atoms with Gasteiger partial charge in [-0.2, -0.15) is 5.10 Å². The van der Waals surface area contributed by atoms with E-state index < -0.39 is 0 Å². The number of rotatable bonds is 5. The van der Waals surface area contributed by atoms with Crippen LogP contribution in [0.4, 0.5) is 10.1 Å². The third kappa shape index (κ3) is 4.85. The summed E-state index contributed by atoms with van der Waals surface area (Å²) in [4.78, 5) is 29.7. The van der Waals surface area contributed by atoms with Crippen molar-refractivity contribution in [3.63, 3.8) is 0 Å². The van der Waals surface area contributed by atoms with Crippen LogP contribution in [0, 0.1) is 18.7 Å². The van der Waals surface area contributed by atoms with Crippen molar-refractivity contribution in [1.82, 2.24) is 19.6 Å². The van der Waals surface area contributed by atoms with E-state index in [-0.39, 0.29) is 23.7 Å². The molecule has 1 N–H and O–H groups in total. The van der Waals surface area contributed by atoms with Crippen LogP contribution in [0.5, 0.6) is 0 Å². The minimum atomic E-state index is -0.379. The third-order valence-electron chi connectivity index (χ3n) is 6.79. The Morgan fingerprint density at radius 3 is 2.62 bits per heavy atom. The molecule has 2 aromatic rings. The maximum atomic E-state index is 14.4. The fourth-order valence-corrected chi connectivity index (χ4v) is 4.91. The molecule has 1 aliphatic carbocycles. The molecule has 1 atom stereocenters. The Bertz CT molecular complexity index is 998. The van der Waals surface area contributed by atoms with Crippen LogP contribution in [-0.4, -0.2) is 57.1 Å². The molecule has 32 heavy (non-hydrogen) atoms. The van der Waals surface area contributed by atoms with E-state index in [0.717, 1.165) is 49.9 Å². The summed E-state index contributed by atoms with van der Waals surface area (Å²) in [6, 6.07) is 3.03. The average Bonchev–Trinajstić information content (AvgIpc) is 3.43. The highest BCUT2D eigenvalue weighted by atomic mass is 19.1. The second kappa shape index (κ2) is 9.40. The molecule has 1 saturated carbocycles. The highest BCUT2D eigenvalue weighted by molar-refractivity contribution is 6.04. The summed E-state index contributed by atoms with van der Waals surface area (Å²) in [7, 11) is 1.74. The van der Waals surface area contributed by atoms with Crippen LogP contribution in [0.1, 0.15) is 54.1 Å². The number of hydrogen-bond acceptors (Lipinski definition) is 4. The molecule has 4 rings (SSSR count). The second-order valence-corrected chi connectivity index (χ2v) is 9.19. The number of carbonyl (C=O) groups is 2. The smallest absolute Gasteiger partial charge is 0.258 e. The van der Waals surface area contributed by atoms with Crippen molar-refractivity contribution in [2.24, 2.45) is 13.0 Å². The number of hydrogen-bond donors (Lipinski definition) is 1. The van der Waals surface area contributed by atoms with Crippen LogP contribution in [0.15, 0.2) is 24.5 Å². The Balaban J connectivity index is 1.42. The number of benzene rings is 1. The molecule has 0 bridgehead atoms. The van der Waals surface area contributed by atoms with Gasteiger partial charge < -0.3 is 10.2 Å². The third-order valence-corrected chi connectivity index (χ3v) is 6.79. The fourth-order valence-electron chi connectivity index (χ4n) is 4.91. The largest absolute Gasteiger partial charge is 0.337 e. The van der Waals surface area contributed by atoms with Gasteiger partial charge in [-0.15, -0.1) is 0 Å². The molecule has 1 aromatic carbocycles. The van der Waals surface area contributed by atoms with Crippen molar-refractivity contribution >= 4 is 17.5 Å². The molecular formula is C24H32FN5O2. The summed E-state index contributed by atoms with van der Waals surface area (Å²) < 4.78 is 15.9. The first-order chi connectivity index (χ1) is 15.3. The molecule has 7 nitrogen and oxygen atoms in total. The number of carbonyl (C=O) groups excluding carboxylic acids is 2. The van der Waals surface area contributed by atoms with Gasteiger partial charge in [0.15, 0.2) is 0 Å². The van der Waals surface area contributed by atoms with Crippen LogP contribution in [-0.2, 0) is 18.4 Å². The van der Waals surface area contributed by atoms with Gasteiger partial charge in [0.05, 0.1) is 11.8 Å². The minimum absolute atomic E-state index is 0.135. The zero-order chi connectivity index (χ0) is 22.8. The highest BCUT2D eigenvalue weighted by Gasteiger charge is 2.33. The molecule has 2 fully saturated rings. The summed E-state index contributed by atoms with van der Waals surface area (Å²) in [5, 5.41) is 6.83. The lowest BCUT2D eigenvalue weighted by Gasteiger charge is -2.41. The summed E-state index contributed by atoms with van der Waals surface area (Å²) in [6.07, 6.45) is 7.45. The summed E-state index contributed by atoms with van der Waals surface area (Å²) in [5.74, 6) is -0.196. The van der Waals surface area contributed by atoms with E-state index >= 15 is 0 Å². The number of amides is 2. The van der Waals surface area contributed by atoms with Gasteiger partial charge in [0.2, 0.25) is 5.91 Å². The van der Waals surface area contributed by atoms with Gasteiger partial charge in [0.1, 0.15) is 5.82 Å². The Kier molecular flexibility index (Phi) is 6.60. The van der Waals surface area contributed by atoms with Crippen LogP contribution in [0.2, 0.25) is 0 Å². The molecule has 0 radical (unpaired) electrons. The number of nitrogens with zero attached hydrogens (tertiary/aromatic N) is 4. The lowest BCUT2D eigenvalue weighted by molar-refractivity contribution is -0.140. The average molecular weight is 442 g/mol. The standard InChI is InChI=1S/C24H32FN5O2/c1-16-13-29(8-9-30(16)24(32)18-6-4-5-7-18)15-19-10-21(25)11-22(17(19)2)27-23(31)20-12-26-28(3)14-20/h10-12,14,16,18H,4-9,13,15H2,1-3H3,(H,27,31)/t16-/m0/s1. The molecule has 8 heteroatoms. The summed E-state index contributed by atoms with van der Waals surface area (Å²) >= 11 is 0. The first-order valence-corrected chi connectivity index (χ1v) is 11.4. The monoisotopic (exact) mass is 441 g/mol. The summed E-state index contributed by atoms with van der Waals surface area (Å²) in [6.45, 7) is 6.79. The normalized spacial score (nSPS) is 20.0. The molecule has 172 valence electrons. The fraction of sp³-hybridized carbons (Fsp3) is 0.542. The Labute approximate surface area is 188 Å². The van der Waals surface area contributed by atoms with Gasteiger partial charge in [-0.05, 0) is 49.9 Å². The number of aryl methyl sites for hydroxylation is 1. The van der Waals surface area contributed by atoms with Crippen molar-refractivity contribution in [3.8, 4) is 0 Å². The van der Waals surface area contributed by atoms with Gasteiger partial charge in [-0.25, -0.2) is 4.39 Å². The van der Waals surface area contributed by atoms with Gasteiger partial charge >= 0.3 is 0 Å². The molecule has 2 amide bonds. The quantitative estimate of drug-likeness (QED) is 0.773.